The first-order chi connectivity index (χ1) is 11.7. The van der Waals surface area contributed by atoms with Crippen molar-refractivity contribution in [2.45, 2.75) is 19.4 Å². The summed E-state index contributed by atoms with van der Waals surface area (Å²) < 4.78 is 0. The van der Waals surface area contributed by atoms with Gasteiger partial charge < -0.3 is 4.98 Å². The molecule has 5 heteroatoms. The van der Waals surface area contributed by atoms with Gasteiger partial charge in [0.2, 0.25) is 0 Å². The van der Waals surface area contributed by atoms with Gasteiger partial charge in [0, 0.05) is 40.8 Å². The molecular formula is C19H19N3O2. The normalized spacial score (nSPS) is 15.2. The molecular weight excluding hydrogens is 302 g/mol. The average Bonchev–Trinajstić information content (AvgIpc) is 3.22. The number of aromatic nitrogens is 1. The standard InChI is InChI=1S/C19H19N3O2/c23-22(24)15-8-9-17-16(12-15)19(14-6-2-1-3-7-14)18(20-17)13-21-10-4-5-11-21/h1-3,6-9,12,20H,4-5,10-11,13H2. The highest BCUT2D eigenvalue weighted by Crippen LogP contribution is 2.35. The van der Waals surface area contributed by atoms with Gasteiger partial charge in [0.05, 0.1) is 4.92 Å². The van der Waals surface area contributed by atoms with Crippen LogP contribution in [0.1, 0.15) is 18.5 Å². The Morgan fingerprint density at radius 2 is 1.83 bits per heavy atom. The van der Waals surface area contributed by atoms with E-state index in [-0.39, 0.29) is 10.6 Å². The lowest BCUT2D eigenvalue weighted by Crippen LogP contribution is -2.18. The number of aromatic amines is 1. The van der Waals surface area contributed by atoms with Crippen molar-refractivity contribution < 1.29 is 4.92 Å². The van der Waals surface area contributed by atoms with Gasteiger partial charge in [-0.15, -0.1) is 0 Å². The van der Waals surface area contributed by atoms with E-state index in [1.54, 1.807) is 12.1 Å². The number of rotatable bonds is 4. The van der Waals surface area contributed by atoms with Crippen molar-refractivity contribution in [1.82, 2.24) is 9.88 Å². The molecule has 0 spiro atoms. The lowest BCUT2D eigenvalue weighted by Gasteiger charge is -2.15. The van der Waals surface area contributed by atoms with Crippen LogP contribution in [0.15, 0.2) is 48.5 Å². The molecule has 2 aromatic carbocycles. The number of nitro benzene ring substituents is 1. The van der Waals surface area contributed by atoms with E-state index in [0.717, 1.165) is 47.4 Å². The molecule has 0 bridgehead atoms. The first-order valence-electron chi connectivity index (χ1n) is 8.29. The predicted molar refractivity (Wildman–Crippen MR) is 94.9 cm³/mol. The number of nitrogens with zero attached hydrogens (tertiary/aromatic N) is 2. The number of fused-ring (bicyclic) bond motifs is 1. The second-order valence-electron chi connectivity index (χ2n) is 6.31. The largest absolute Gasteiger partial charge is 0.357 e. The van der Waals surface area contributed by atoms with E-state index in [0.29, 0.717) is 0 Å². The molecule has 0 radical (unpaired) electrons. The Bertz CT molecular complexity index is 880. The molecule has 1 aromatic heterocycles. The highest BCUT2D eigenvalue weighted by atomic mass is 16.6. The number of H-pyrrole nitrogens is 1. The average molecular weight is 321 g/mol. The fourth-order valence-corrected chi connectivity index (χ4v) is 3.57. The number of hydrogen-bond donors (Lipinski definition) is 1. The summed E-state index contributed by atoms with van der Waals surface area (Å²) in [5, 5.41) is 12.1. The van der Waals surface area contributed by atoms with E-state index in [4.69, 9.17) is 0 Å². The molecule has 0 aliphatic carbocycles. The minimum atomic E-state index is -0.332. The Kier molecular flexibility index (Phi) is 3.78. The van der Waals surface area contributed by atoms with Crippen molar-refractivity contribution in [2.75, 3.05) is 13.1 Å². The predicted octanol–water partition coefficient (Wildman–Crippen LogP) is 4.34. The van der Waals surface area contributed by atoms with Gasteiger partial charge in [-0.2, -0.15) is 0 Å². The van der Waals surface area contributed by atoms with Crippen molar-refractivity contribution >= 4 is 16.6 Å². The molecule has 2 heterocycles. The van der Waals surface area contributed by atoms with Gasteiger partial charge in [0.25, 0.3) is 5.69 Å². The van der Waals surface area contributed by atoms with Crippen molar-refractivity contribution in [3.05, 3.63) is 64.3 Å². The van der Waals surface area contributed by atoms with Crippen LogP contribution in [-0.4, -0.2) is 27.9 Å². The number of likely N-dealkylation sites (tertiary alicyclic amines) is 1. The molecule has 5 nitrogen and oxygen atoms in total. The summed E-state index contributed by atoms with van der Waals surface area (Å²) >= 11 is 0. The van der Waals surface area contributed by atoms with E-state index in [1.165, 1.54) is 12.8 Å². The maximum absolute atomic E-state index is 11.2. The van der Waals surface area contributed by atoms with Crippen LogP contribution in [0.4, 0.5) is 5.69 Å². The summed E-state index contributed by atoms with van der Waals surface area (Å²) in [6.45, 7) is 3.08. The maximum Gasteiger partial charge on any atom is 0.270 e. The molecule has 122 valence electrons. The SMILES string of the molecule is O=[N+]([O-])c1ccc2[nH]c(CN3CCCC3)c(-c3ccccc3)c2c1. The van der Waals surface area contributed by atoms with Crippen LogP contribution in [-0.2, 0) is 6.54 Å². The molecule has 1 saturated heterocycles. The van der Waals surface area contributed by atoms with Gasteiger partial charge in [-0.25, -0.2) is 0 Å². The zero-order valence-corrected chi connectivity index (χ0v) is 13.4. The number of nitro groups is 1. The van der Waals surface area contributed by atoms with E-state index >= 15 is 0 Å². The molecule has 1 aliphatic heterocycles. The monoisotopic (exact) mass is 321 g/mol. The van der Waals surface area contributed by atoms with Gasteiger partial charge in [-0.05, 0) is 37.6 Å². The van der Waals surface area contributed by atoms with Crippen molar-refractivity contribution in [2.24, 2.45) is 0 Å². The molecule has 4 rings (SSSR count). The summed E-state index contributed by atoms with van der Waals surface area (Å²) in [5.41, 5.74) is 4.40. The highest BCUT2D eigenvalue weighted by molar-refractivity contribution is 5.98. The third-order valence-corrected chi connectivity index (χ3v) is 4.71. The quantitative estimate of drug-likeness (QED) is 0.574. The summed E-state index contributed by atoms with van der Waals surface area (Å²) in [4.78, 5) is 16.8. The van der Waals surface area contributed by atoms with Gasteiger partial charge in [0.1, 0.15) is 0 Å². The molecule has 1 N–H and O–H groups in total. The highest BCUT2D eigenvalue weighted by Gasteiger charge is 2.20. The van der Waals surface area contributed by atoms with Crippen LogP contribution in [0, 0.1) is 10.1 Å². The molecule has 0 unspecified atom stereocenters. The Morgan fingerprint density at radius 1 is 1.08 bits per heavy atom. The molecule has 3 aromatic rings. The van der Waals surface area contributed by atoms with Crippen LogP contribution >= 0.6 is 0 Å². The second kappa shape index (κ2) is 6.09. The molecule has 0 saturated carbocycles. The Hall–Kier alpha value is -2.66. The van der Waals surface area contributed by atoms with Crippen LogP contribution in [0.5, 0.6) is 0 Å². The first kappa shape index (κ1) is 14.9. The zero-order valence-electron chi connectivity index (χ0n) is 13.4. The minimum Gasteiger partial charge on any atom is -0.357 e. The molecule has 1 aliphatic rings. The second-order valence-corrected chi connectivity index (χ2v) is 6.31. The van der Waals surface area contributed by atoms with E-state index in [2.05, 4.69) is 22.0 Å². The van der Waals surface area contributed by atoms with Crippen LogP contribution in [0.3, 0.4) is 0 Å². The lowest BCUT2D eigenvalue weighted by atomic mass is 10.0. The third kappa shape index (κ3) is 2.67. The van der Waals surface area contributed by atoms with Gasteiger partial charge >= 0.3 is 0 Å². The smallest absolute Gasteiger partial charge is 0.270 e. The zero-order chi connectivity index (χ0) is 16.5. The molecule has 1 fully saturated rings. The molecule has 0 amide bonds. The van der Waals surface area contributed by atoms with Crippen molar-refractivity contribution in [3.63, 3.8) is 0 Å². The number of non-ortho nitro benzene ring substituents is 1. The molecule has 24 heavy (non-hydrogen) atoms. The Balaban J connectivity index is 1.88. The van der Waals surface area contributed by atoms with Crippen LogP contribution < -0.4 is 0 Å². The van der Waals surface area contributed by atoms with E-state index in [9.17, 15) is 10.1 Å². The summed E-state index contributed by atoms with van der Waals surface area (Å²) in [6.07, 6.45) is 2.48. The number of benzene rings is 2. The van der Waals surface area contributed by atoms with Crippen molar-refractivity contribution in [3.8, 4) is 11.1 Å². The third-order valence-electron chi connectivity index (χ3n) is 4.71. The van der Waals surface area contributed by atoms with Gasteiger partial charge in [0.15, 0.2) is 0 Å². The number of nitrogens with one attached hydrogen (secondary N) is 1. The van der Waals surface area contributed by atoms with Gasteiger partial charge in [-0.1, -0.05) is 30.3 Å². The van der Waals surface area contributed by atoms with E-state index < -0.39 is 0 Å². The minimum absolute atomic E-state index is 0.131. The summed E-state index contributed by atoms with van der Waals surface area (Å²) in [5.74, 6) is 0. The van der Waals surface area contributed by atoms with Crippen LogP contribution in [0.2, 0.25) is 0 Å². The first-order valence-corrected chi connectivity index (χ1v) is 8.29. The van der Waals surface area contributed by atoms with Crippen molar-refractivity contribution in [1.29, 1.82) is 0 Å². The Labute approximate surface area is 140 Å². The Morgan fingerprint density at radius 3 is 2.54 bits per heavy atom. The van der Waals surface area contributed by atoms with Gasteiger partial charge in [-0.3, -0.25) is 15.0 Å². The van der Waals surface area contributed by atoms with Crippen LogP contribution in [0.25, 0.3) is 22.0 Å². The topological polar surface area (TPSA) is 62.2 Å². The van der Waals surface area contributed by atoms with E-state index in [1.807, 2.05) is 24.3 Å². The summed E-state index contributed by atoms with van der Waals surface area (Å²) in [6, 6.07) is 15.2. The maximum atomic E-state index is 11.2. The number of hydrogen-bond acceptors (Lipinski definition) is 3. The fourth-order valence-electron chi connectivity index (χ4n) is 3.57. The summed E-state index contributed by atoms with van der Waals surface area (Å²) in [7, 11) is 0. The lowest BCUT2D eigenvalue weighted by molar-refractivity contribution is -0.384. The molecule has 0 atom stereocenters. The fraction of sp³-hybridized carbons (Fsp3) is 0.263.